The van der Waals surface area contributed by atoms with Gasteiger partial charge in [0.15, 0.2) is 5.82 Å². The lowest BCUT2D eigenvalue weighted by molar-refractivity contribution is 0.412. The zero-order valence-corrected chi connectivity index (χ0v) is 7.33. The van der Waals surface area contributed by atoms with Crippen molar-refractivity contribution in [3.63, 3.8) is 0 Å². The van der Waals surface area contributed by atoms with Crippen molar-refractivity contribution in [3.8, 4) is 0 Å². The fourth-order valence-corrected chi connectivity index (χ4v) is 1.40. The van der Waals surface area contributed by atoms with Crippen molar-refractivity contribution < 1.29 is 21.6 Å². The van der Waals surface area contributed by atoms with Gasteiger partial charge >= 0.3 is 0 Å². The summed E-state index contributed by atoms with van der Waals surface area (Å²) >= 11 is 0. The molecule has 0 fully saturated rings. The van der Waals surface area contributed by atoms with Crippen LogP contribution in [0.5, 0.6) is 0 Å². The minimum Gasteiger partial charge on any atom is -0.224 e. The molecular formula is C5HClF3NO2S. The van der Waals surface area contributed by atoms with Gasteiger partial charge in [-0.05, 0) is 0 Å². The molecule has 72 valence electrons. The Morgan fingerprint density at radius 1 is 1.23 bits per heavy atom. The fourth-order valence-electron chi connectivity index (χ4n) is 0.597. The van der Waals surface area contributed by atoms with E-state index < -0.39 is 31.5 Å². The van der Waals surface area contributed by atoms with Gasteiger partial charge in [-0.15, -0.1) is 0 Å². The first kappa shape index (κ1) is 10.3. The summed E-state index contributed by atoms with van der Waals surface area (Å²) in [6, 6.07) is 0. The zero-order chi connectivity index (χ0) is 10.2. The second-order valence-corrected chi connectivity index (χ2v) is 4.51. The maximum Gasteiger partial charge on any atom is 0.265 e. The largest absolute Gasteiger partial charge is 0.265 e. The predicted molar refractivity (Wildman–Crippen MR) is 37.1 cm³/mol. The molecule has 13 heavy (non-hydrogen) atoms. The zero-order valence-electron chi connectivity index (χ0n) is 5.76. The van der Waals surface area contributed by atoms with Crippen molar-refractivity contribution in [2.24, 2.45) is 0 Å². The van der Waals surface area contributed by atoms with E-state index in [9.17, 15) is 21.6 Å². The van der Waals surface area contributed by atoms with E-state index in [0.29, 0.717) is 6.20 Å². The molecule has 0 spiro atoms. The van der Waals surface area contributed by atoms with E-state index in [1.807, 2.05) is 0 Å². The molecular weight excluding hydrogens is 231 g/mol. The van der Waals surface area contributed by atoms with Crippen LogP contribution in [0.2, 0.25) is 0 Å². The van der Waals surface area contributed by atoms with Crippen LogP contribution in [0.25, 0.3) is 0 Å². The van der Waals surface area contributed by atoms with E-state index in [4.69, 9.17) is 10.7 Å². The molecule has 0 unspecified atom stereocenters. The second-order valence-electron chi connectivity index (χ2n) is 1.98. The van der Waals surface area contributed by atoms with E-state index in [-0.39, 0.29) is 0 Å². The Balaban J connectivity index is 3.53. The van der Waals surface area contributed by atoms with Crippen molar-refractivity contribution >= 4 is 19.7 Å². The molecule has 0 aromatic carbocycles. The van der Waals surface area contributed by atoms with E-state index in [0.717, 1.165) is 0 Å². The van der Waals surface area contributed by atoms with Crippen LogP contribution < -0.4 is 0 Å². The van der Waals surface area contributed by atoms with Crippen LogP contribution in [0.15, 0.2) is 11.1 Å². The maximum absolute atomic E-state index is 12.6. The van der Waals surface area contributed by atoms with Gasteiger partial charge in [-0.2, -0.15) is 8.78 Å². The molecule has 0 aliphatic carbocycles. The molecule has 1 rings (SSSR count). The third-order valence-corrected chi connectivity index (χ3v) is 2.46. The van der Waals surface area contributed by atoms with Crippen molar-refractivity contribution in [2.45, 2.75) is 4.90 Å². The normalized spacial score (nSPS) is 11.7. The highest BCUT2D eigenvalue weighted by atomic mass is 35.7. The standard InChI is InChI=1S/C5HClF3NO2S/c6-13(11,12)2-1-10-5(9)4(8)3(2)7/h1H. The lowest BCUT2D eigenvalue weighted by Gasteiger charge is -1.98. The molecule has 0 aliphatic rings. The van der Waals surface area contributed by atoms with Gasteiger partial charge in [0, 0.05) is 10.7 Å². The monoisotopic (exact) mass is 231 g/mol. The molecule has 0 atom stereocenters. The molecule has 8 heteroatoms. The fraction of sp³-hybridized carbons (Fsp3) is 0. The lowest BCUT2D eigenvalue weighted by Crippen LogP contribution is -2.03. The summed E-state index contributed by atoms with van der Waals surface area (Å²) in [6.07, 6.45) is 0.302. The Morgan fingerprint density at radius 3 is 2.23 bits per heavy atom. The molecule has 0 saturated carbocycles. The first-order valence-corrected chi connectivity index (χ1v) is 5.09. The van der Waals surface area contributed by atoms with Gasteiger partial charge in [-0.1, -0.05) is 0 Å². The van der Waals surface area contributed by atoms with Crippen molar-refractivity contribution in [1.82, 2.24) is 4.98 Å². The van der Waals surface area contributed by atoms with Gasteiger partial charge in [-0.3, -0.25) is 0 Å². The number of halogens is 4. The smallest absolute Gasteiger partial charge is 0.224 e. The van der Waals surface area contributed by atoms with Gasteiger partial charge in [-0.25, -0.2) is 17.8 Å². The van der Waals surface area contributed by atoms with Crippen LogP contribution in [0.4, 0.5) is 13.2 Å². The van der Waals surface area contributed by atoms with Crippen LogP contribution in [-0.4, -0.2) is 13.4 Å². The van der Waals surface area contributed by atoms with E-state index in [1.165, 1.54) is 0 Å². The van der Waals surface area contributed by atoms with Crippen LogP contribution in [0, 0.1) is 17.6 Å². The summed E-state index contributed by atoms with van der Waals surface area (Å²) in [7, 11) is 0.247. The van der Waals surface area contributed by atoms with E-state index >= 15 is 0 Å². The molecule has 1 heterocycles. The summed E-state index contributed by atoms with van der Waals surface area (Å²) in [5.74, 6) is -5.56. The highest BCUT2D eigenvalue weighted by Crippen LogP contribution is 2.20. The highest BCUT2D eigenvalue weighted by Gasteiger charge is 2.22. The summed E-state index contributed by atoms with van der Waals surface area (Å²) in [5.41, 5.74) is 0. The second kappa shape index (κ2) is 3.15. The predicted octanol–water partition coefficient (Wildman–Crippen LogP) is 1.43. The molecule has 3 nitrogen and oxygen atoms in total. The Hall–Kier alpha value is -0.820. The van der Waals surface area contributed by atoms with Crippen LogP contribution in [0.1, 0.15) is 0 Å². The van der Waals surface area contributed by atoms with Gasteiger partial charge in [0.25, 0.3) is 15.0 Å². The average molecular weight is 232 g/mol. The van der Waals surface area contributed by atoms with Crippen molar-refractivity contribution in [2.75, 3.05) is 0 Å². The quantitative estimate of drug-likeness (QED) is 0.543. The number of hydrogen-bond donors (Lipinski definition) is 0. The topological polar surface area (TPSA) is 47.0 Å². The molecule has 1 aromatic rings. The SMILES string of the molecule is O=S(=O)(Cl)c1cnc(F)c(F)c1F. The first-order chi connectivity index (χ1) is 5.84. The van der Waals surface area contributed by atoms with Gasteiger partial charge in [0.05, 0.1) is 6.20 Å². The van der Waals surface area contributed by atoms with E-state index in [1.54, 1.807) is 0 Å². The summed E-state index contributed by atoms with van der Waals surface area (Å²) < 4.78 is 58.2. The number of nitrogens with zero attached hydrogens (tertiary/aromatic N) is 1. The third kappa shape index (κ3) is 1.92. The van der Waals surface area contributed by atoms with Gasteiger partial charge in [0.1, 0.15) is 4.90 Å². The minimum absolute atomic E-state index is 0.302. The highest BCUT2D eigenvalue weighted by molar-refractivity contribution is 8.13. The average Bonchev–Trinajstić information content (AvgIpc) is 1.98. The first-order valence-electron chi connectivity index (χ1n) is 2.78. The summed E-state index contributed by atoms with van der Waals surface area (Å²) in [5, 5.41) is 0. The molecule has 0 bridgehead atoms. The Kier molecular flexibility index (Phi) is 2.49. The number of aromatic nitrogens is 1. The minimum atomic E-state index is -4.44. The molecule has 0 N–H and O–H groups in total. The third-order valence-electron chi connectivity index (χ3n) is 1.15. The van der Waals surface area contributed by atoms with E-state index in [2.05, 4.69) is 4.98 Å². The molecule has 0 radical (unpaired) electrons. The van der Waals surface area contributed by atoms with Crippen LogP contribution in [-0.2, 0) is 9.05 Å². The molecule has 0 amide bonds. The molecule has 1 aromatic heterocycles. The lowest BCUT2D eigenvalue weighted by atomic mass is 10.4. The van der Waals surface area contributed by atoms with Crippen molar-refractivity contribution in [3.05, 3.63) is 23.8 Å². The Bertz CT molecular complexity index is 447. The van der Waals surface area contributed by atoms with Gasteiger partial charge in [0.2, 0.25) is 5.82 Å². The summed E-state index contributed by atoms with van der Waals surface area (Å²) in [6.45, 7) is 0. The van der Waals surface area contributed by atoms with Crippen molar-refractivity contribution in [1.29, 1.82) is 0 Å². The molecule has 0 saturated heterocycles. The summed E-state index contributed by atoms with van der Waals surface area (Å²) in [4.78, 5) is 1.47. The number of pyridine rings is 1. The molecule has 0 aliphatic heterocycles. The van der Waals surface area contributed by atoms with Crippen LogP contribution >= 0.6 is 10.7 Å². The van der Waals surface area contributed by atoms with Crippen LogP contribution in [0.3, 0.4) is 0 Å². The Morgan fingerprint density at radius 2 is 1.77 bits per heavy atom. The maximum atomic E-state index is 12.6. The number of rotatable bonds is 1. The Labute approximate surface area is 75.6 Å². The number of hydrogen-bond acceptors (Lipinski definition) is 3. The van der Waals surface area contributed by atoms with Gasteiger partial charge < -0.3 is 0 Å².